The molecular weight excluding hydrogens is 245 g/mol. The van der Waals surface area contributed by atoms with Gasteiger partial charge in [0, 0.05) is 11.9 Å². The van der Waals surface area contributed by atoms with Crippen LogP contribution in [0.25, 0.3) is 0 Å². The molecule has 0 bridgehead atoms. The molecular formula is C16H19BN3. The Kier molecular flexibility index (Phi) is 2.96. The Labute approximate surface area is 121 Å². The van der Waals surface area contributed by atoms with Crippen LogP contribution in [0.2, 0.25) is 0 Å². The van der Waals surface area contributed by atoms with E-state index in [-0.39, 0.29) is 5.41 Å². The summed E-state index contributed by atoms with van der Waals surface area (Å²) in [6.07, 6.45) is 1.89. The smallest absolute Gasteiger partial charge is 0.397 e. The van der Waals surface area contributed by atoms with E-state index in [2.05, 4.69) is 86.4 Å². The van der Waals surface area contributed by atoms with Crippen LogP contribution in [0, 0.1) is 0 Å². The Hall–Kier alpha value is -1.97. The van der Waals surface area contributed by atoms with Gasteiger partial charge in [0.05, 0.1) is 5.69 Å². The minimum Gasteiger partial charge on any atom is -0.400 e. The fraction of sp³-hybridized carbons (Fsp3) is 0.312. The van der Waals surface area contributed by atoms with Gasteiger partial charge >= 0.3 is 7.55 Å². The molecule has 0 atom stereocenters. The molecule has 1 aliphatic rings. The summed E-state index contributed by atoms with van der Waals surface area (Å²) in [6, 6.07) is 12.6. The van der Waals surface area contributed by atoms with E-state index in [1.807, 2.05) is 6.20 Å². The van der Waals surface area contributed by atoms with Crippen LogP contribution in [0.3, 0.4) is 0 Å². The number of hydrogen-bond donors (Lipinski definition) is 0. The number of pyridine rings is 1. The Morgan fingerprint density at radius 1 is 1.05 bits per heavy atom. The average molecular weight is 264 g/mol. The number of fused-ring (bicyclic) bond motifs is 1. The predicted octanol–water partition coefficient (Wildman–Crippen LogP) is 3.50. The van der Waals surface area contributed by atoms with Crippen LogP contribution in [0.4, 0.5) is 17.2 Å². The molecule has 3 nitrogen and oxygen atoms in total. The number of hydrogen-bond acceptors (Lipinski definition) is 3. The second-order valence-corrected chi connectivity index (χ2v) is 6.24. The van der Waals surface area contributed by atoms with Crippen LogP contribution in [-0.2, 0) is 5.41 Å². The van der Waals surface area contributed by atoms with Gasteiger partial charge in [-0.1, -0.05) is 32.9 Å². The quantitative estimate of drug-likeness (QED) is 0.735. The van der Waals surface area contributed by atoms with Crippen LogP contribution < -0.4 is 9.62 Å². The normalized spacial score (nSPS) is 14.2. The van der Waals surface area contributed by atoms with Crippen molar-refractivity contribution in [2.75, 3.05) is 16.7 Å². The van der Waals surface area contributed by atoms with E-state index >= 15 is 0 Å². The fourth-order valence-corrected chi connectivity index (χ4v) is 2.46. The van der Waals surface area contributed by atoms with Crippen LogP contribution in [0.15, 0.2) is 42.6 Å². The monoisotopic (exact) mass is 264 g/mol. The maximum Gasteiger partial charge on any atom is 0.397 e. The molecule has 0 spiro atoms. The van der Waals surface area contributed by atoms with Gasteiger partial charge < -0.3 is 9.62 Å². The minimum absolute atomic E-state index is 0.128. The first-order chi connectivity index (χ1) is 9.47. The highest BCUT2D eigenvalue weighted by Gasteiger charge is 2.27. The zero-order chi connectivity index (χ0) is 14.3. The van der Waals surface area contributed by atoms with Crippen molar-refractivity contribution in [1.82, 2.24) is 4.98 Å². The van der Waals surface area contributed by atoms with Gasteiger partial charge in [-0.2, -0.15) is 0 Å². The maximum absolute atomic E-state index is 4.54. The lowest BCUT2D eigenvalue weighted by Gasteiger charge is -2.22. The average Bonchev–Trinajstić information content (AvgIpc) is 2.76. The van der Waals surface area contributed by atoms with Gasteiger partial charge in [0.2, 0.25) is 0 Å². The van der Waals surface area contributed by atoms with E-state index in [0.29, 0.717) is 0 Å². The zero-order valence-corrected chi connectivity index (χ0v) is 12.5. The molecule has 0 saturated heterocycles. The second-order valence-electron chi connectivity index (χ2n) is 6.24. The summed E-state index contributed by atoms with van der Waals surface area (Å²) in [4.78, 5) is 8.81. The third-order valence-electron chi connectivity index (χ3n) is 3.67. The van der Waals surface area contributed by atoms with E-state index in [1.54, 1.807) is 0 Å². The van der Waals surface area contributed by atoms with Crippen LogP contribution in [0.1, 0.15) is 26.3 Å². The first-order valence-electron chi connectivity index (χ1n) is 6.89. The number of nitrogens with zero attached hydrogens (tertiary/aromatic N) is 3. The Balaban J connectivity index is 2.03. The molecule has 2 aromatic rings. The molecule has 20 heavy (non-hydrogen) atoms. The maximum atomic E-state index is 4.54. The van der Waals surface area contributed by atoms with Crippen molar-refractivity contribution in [3.63, 3.8) is 0 Å². The molecule has 0 fully saturated rings. The summed E-state index contributed by atoms with van der Waals surface area (Å²) in [7, 11) is 4.14. The van der Waals surface area contributed by atoms with Crippen molar-refractivity contribution >= 4 is 24.7 Å². The standard InChI is InChI=1S/C16H19BN3/c1-16(2,3)12-9-10-18-15(11-12)20-14-8-6-5-7-13(14)19(4)17-20/h5-11H,1-4H3. The molecule has 1 aliphatic heterocycles. The topological polar surface area (TPSA) is 19.4 Å². The molecule has 1 aromatic carbocycles. The molecule has 2 heterocycles. The van der Waals surface area contributed by atoms with E-state index in [9.17, 15) is 0 Å². The summed E-state index contributed by atoms with van der Waals surface area (Å²) < 4.78 is 0. The van der Waals surface area contributed by atoms with Gasteiger partial charge in [-0.15, -0.1) is 0 Å². The van der Waals surface area contributed by atoms with E-state index < -0.39 is 0 Å². The molecule has 0 amide bonds. The molecule has 3 rings (SSSR count). The number of anilines is 3. The van der Waals surface area contributed by atoms with Gasteiger partial charge in [0.1, 0.15) is 5.82 Å². The lowest BCUT2D eigenvalue weighted by atomic mass is 9.87. The van der Waals surface area contributed by atoms with E-state index in [1.165, 1.54) is 16.9 Å². The van der Waals surface area contributed by atoms with Gasteiger partial charge in [0.15, 0.2) is 0 Å². The molecule has 101 valence electrons. The summed E-state index contributed by atoms with van der Waals surface area (Å²) >= 11 is 0. The zero-order valence-electron chi connectivity index (χ0n) is 12.5. The van der Waals surface area contributed by atoms with Crippen molar-refractivity contribution in [3.8, 4) is 0 Å². The van der Waals surface area contributed by atoms with Gasteiger partial charge in [0.25, 0.3) is 0 Å². The van der Waals surface area contributed by atoms with Gasteiger partial charge in [-0.25, -0.2) is 4.98 Å². The fourth-order valence-electron chi connectivity index (χ4n) is 2.46. The third-order valence-corrected chi connectivity index (χ3v) is 3.67. The van der Waals surface area contributed by atoms with Crippen LogP contribution in [-0.4, -0.2) is 19.6 Å². The van der Waals surface area contributed by atoms with Crippen LogP contribution >= 0.6 is 0 Å². The summed E-state index contributed by atoms with van der Waals surface area (Å²) in [5.41, 5.74) is 3.80. The van der Waals surface area contributed by atoms with Crippen molar-refractivity contribution in [2.45, 2.75) is 26.2 Å². The first kappa shape index (κ1) is 13.0. The van der Waals surface area contributed by atoms with Crippen molar-refractivity contribution in [1.29, 1.82) is 0 Å². The lowest BCUT2D eigenvalue weighted by Crippen LogP contribution is -2.29. The van der Waals surface area contributed by atoms with E-state index in [4.69, 9.17) is 0 Å². The summed E-state index contributed by atoms with van der Waals surface area (Å²) in [5.74, 6) is 0.967. The van der Waals surface area contributed by atoms with E-state index in [0.717, 1.165) is 5.82 Å². The Morgan fingerprint density at radius 2 is 1.75 bits per heavy atom. The highest BCUT2D eigenvalue weighted by Crippen LogP contribution is 2.38. The molecule has 0 aliphatic carbocycles. The summed E-state index contributed by atoms with van der Waals surface area (Å²) in [6.45, 7) is 6.67. The van der Waals surface area contributed by atoms with Crippen molar-refractivity contribution < 1.29 is 0 Å². The van der Waals surface area contributed by atoms with Crippen molar-refractivity contribution in [2.24, 2.45) is 0 Å². The Bertz CT molecular complexity index is 634. The minimum atomic E-state index is 0.128. The summed E-state index contributed by atoms with van der Waals surface area (Å²) in [5, 5.41) is 0. The van der Waals surface area contributed by atoms with Crippen molar-refractivity contribution in [3.05, 3.63) is 48.2 Å². The van der Waals surface area contributed by atoms with Gasteiger partial charge in [-0.05, 0) is 42.3 Å². The van der Waals surface area contributed by atoms with Crippen LogP contribution in [0.5, 0.6) is 0 Å². The number of para-hydroxylation sites is 2. The largest absolute Gasteiger partial charge is 0.400 e. The molecule has 0 unspecified atom stereocenters. The molecule has 1 radical (unpaired) electrons. The van der Waals surface area contributed by atoms with Gasteiger partial charge in [-0.3, -0.25) is 0 Å². The highest BCUT2D eigenvalue weighted by molar-refractivity contribution is 6.52. The third kappa shape index (κ3) is 2.15. The predicted molar refractivity (Wildman–Crippen MR) is 85.7 cm³/mol. The number of aromatic nitrogens is 1. The highest BCUT2D eigenvalue weighted by atomic mass is 15.3. The Morgan fingerprint density at radius 3 is 2.45 bits per heavy atom. The molecule has 4 heteroatoms. The number of benzene rings is 1. The molecule has 0 N–H and O–H groups in total. The second kappa shape index (κ2) is 4.55. The number of rotatable bonds is 1. The molecule has 1 aromatic heterocycles. The SMILES string of the molecule is CN1[B]N(c2cc(C(C)(C)C)ccn2)c2ccccc21. The lowest BCUT2D eigenvalue weighted by molar-refractivity contribution is 0.589. The molecule has 0 saturated carbocycles. The first-order valence-corrected chi connectivity index (χ1v) is 6.89.